The predicted octanol–water partition coefficient (Wildman–Crippen LogP) is 3.93. The Morgan fingerprint density at radius 2 is 1.85 bits per heavy atom. The Hall–Kier alpha value is -1.56. The van der Waals surface area contributed by atoms with Crippen LogP contribution < -0.4 is 5.73 Å². The number of benzene rings is 1. The van der Waals surface area contributed by atoms with Crippen molar-refractivity contribution in [2.24, 2.45) is 5.73 Å². The van der Waals surface area contributed by atoms with Crippen molar-refractivity contribution >= 4 is 22.7 Å². The van der Waals surface area contributed by atoms with Crippen LogP contribution in [0.25, 0.3) is 11.4 Å². The Morgan fingerprint density at radius 3 is 2.50 bits per heavy atom. The summed E-state index contributed by atoms with van der Waals surface area (Å²) >= 11 is 3.29. The molecule has 0 fully saturated rings. The summed E-state index contributed by atoms with van der Waals surface area (Å²) in [6.07, 6.45) is 0. The quantitative estimate of drug-likeness (QED) is 0.797. The summed E-state index contributed by atoms with van der Waals surface area (Å²) < 4.78 is 0. The molecule has 2 heterocycles. The minimum atomic E-state index is -0.171. The first-order valence-corrected chi connectivity index (χ1v) is 8.05. The van der Waals surface area contributed by atoms with Gasteiger partial charge in [0.1, 0.15) is 16.4 Å². The van der Waals surface area contributed by atoms with E-state index in [1.165, 1.54) is 4.88 Å². The van der Waals surface area contributed by atoms with Crippen molar-refractivity contribution < 1.29 is 0 Å². The molecule has 2 N–H and O–H groups in total. The van der Waals surface area contributed by atoms with E-state index < -0.39 is 0 Å². The van der Waals surface area contributed by atoms with Crippen LogP contribution in [0.1, 0.15) is 26.5 Å². The van der Waals surface area contributed by atoms with E-state index in [9.17, 15) is 0 Å². The molecule has 1 unspecified atom stereocenters. The molecular formula is C15H15N3S2. The van der Waals surface area contributed by atoms with Crippen LogP contribution in [0.3, 0.4) is 0 Å². The number of nitrogens with zero attached hydrogens (tertiary/aromatic N) is 2. The number of hydrogen-bond donors (Lipinski definition) is 1. The maximum atomic E-state index is 6.28. The molecule has 0 saturated carbocycles. The summed E-state index contributed by atoms with van der Waals surface area (Å²) in [5, 5.41) is 4.04. The van der Waals surface area contributed by atoms with Crippen LogP contribution in [-0.4, -0.2) is 9.97 Å². The summed E-state index contributed by atoms with van der Waals surface area (Å²) in [5.41, 5.74) is 9.27. The van der Waals surface area contributed by atoms with Gasteiger partial charge in [-0.1, -0.05) is 30.3 Å². The van der Waals surface area contributed by atoms with E-state index in [-0.39, 0.29) is 6.04 Å². The number of aromatic nitrogens is 2. The number of thiazole rings is 2. The topological polar surface area (TPSA) is 51.8 Å². The van der Waals surface area contributed by atoms with Crippen molar-refractivity contribution in [1.82, 2.24) is 9.97 Å². The second-order valence-corrected chi connectivity index (χ2v) is 6.89. The van der Waals surface area contributed by atoms with Crippen molar-refractivity contribution in [3.05, 3.63) is 56.2 Å². The zero-order valence-electron chi connectivity index (χ0n) is 11.3. The summed E-state index contributed by atoms with van der Waals surface area (Å²) in [6.45, 7) is 4.10. The molecule has 1 atom stereocenters. The maximum absolute atomic E-state index is 6.28. The van der Waals surface area contributed by atoms with E-state index in [2.05, 4.69) is 16.9 Å². The fourth-order valence-electron chi connectivity index (χ4n) is 2.11. The monoisotopic (exact) mass is 301 g/mol. The van der Waals surface area contributed by atoms with Crippen molar-refractivity contribution in [2.45, 2.75) is 19.9 Å². The van der Waals surface area contributed by atoms with E-state index in [0.29, 0.717) is 0 Å². The third kappa shape index (κ3) is 2.52. The second-order valence-electron chi connectivity index (χ2n) is 4.60. The molecule has 20 heavy (non-hydrogen) atoms. The lowest BCUT2D eigenvalue weighted by Crippen LogP contribution is -2.11. The largest absolute Gasteiger partial charge is 0.318 e. The van der Waals surface area contributed by atoms with Crippen LogP contribution >= 0.6 is 22.7 Å². The molecule has 0 spiro atoms. The average molecular weight is 301 g/mol. The minimum absolute atomic E-state index is 0.171. The highest BCUT2D eigenvalue weighted by Gasteiger charge is 2.16. The van der Waals surface area contributed by atoms with Gasteiger partial charge in [-0.05, 0) is 19.4 Å². The number of aryl methyl sites for hydroxylation is 2. The smallest absolute Gasteiger partial charge is 0.115 e. The number of nitrogens with two attached hydrogens (primary N) is 1. The molecule has 3 nitrogen and oxygen atoms in total. The molecule has 102 valence electrons. The second kappa shape index (κ2) is 5.44. The van der Waals surface area contributed by atoms with Gasteiger partial charge in [-0.2, -0.15) is 0 Å². The van der Waals surface area contributed by atoms with Crippen LogP contribution in [0, 0.1) is 13.8 Å². The van der Waals surface area contributed by atoms with Gasteiger partial charge in [-0.25, -0.2) is 9.97 Å². The molecule has 5 heteroatoms. The molecule has 0 aliphatic heterocycles. The van der Waals surface area contributed by atoms with Gasteiger partial charge in [0.2, 0.25) is 0 Å². The van der Waals surface area contributed by atoms with Crippen molar-refractivity contribution in [3.8, 4) is 11.4 Å². The summed E-state index contributed by atoms with van der Waals surface area (Å²) in [5.74, 6) is 0. The van der Waals surface area contributed by atoms with Crippen LogP contribution in [0.15, 0.2) is 35.7 Å². The third-order valence-corrected chi connectivity index (χ3v) is 4.91. The van der Waals surface area contributed by atoms with Gasteiger partial charge in [-0.15, -0.1) is 22.7 Å². The first-order chi connectivity index (χ1) is 9.65. The summed E-state index contributed by atoms with van der Waals surface area (Å²) in [4.78, 5) is 10.4. The molecule has 3 rings (SSSR count). The first-order valence-electron chi connectivity index (χ1n) is 6.35. The summed E-state index contributed by atoms with van der Waals surface area (Å²) in [6, 6.07) is 9.88. The highest BCUT2D eigenvalue weighted by molar-refractivity contribution is 7.12. The average Bonchev–Trinajstić information content (AvgIpc) is 3.05. The Labute approximate surface area is 126 Å². The molecule has 0 bridgehead atoms. The van der Waals surface area contributed by atoms with Crippen LogP contribution in [-0.2, 0) is 0 Å². The van der Waals surface area contributed by atoms with Gasteiger partial charge in [0.25, 0.3) is 0 Å². The first kappa shape index (κ1) is 13.4. The molecule has 1 aromatic carbocycles. The number of hydrogen-bond acceptors (Lipinski definition) is 5. The molecular weight excluding hydrogens is 286 g/mol. The molecule has 2 aromatic heterocycles. The fourth-order valence-corrected chi connectivity index (χ4v) is 3.77. The Kier molecular flexibility index (Phi) is 3.65. The van der Waals surface area contributed by atoms with E-state index in [0.717, 1.165) is 27.0 Å². The van der Waals surface area contributed by atoms with E-state index in [4.69, 9.17) is 5.73 Å². The zero-order valence-corrected chi connectivity index (χ0v) is 13.0. The lowest BCUT2D eigenvalue weighted by molar-refractivity contribution is 0.858. The van der Waals surface area contributed by atoms with Gasteiger partial charge in [0.05, 0.1) is 11.0 Å². The lowest BCUT2D eigenvalue weighted by atomic mass is 10.1. The molecule has 0 aliphatic rings. The Morgan fingerprint density at radius 1 is 1.10 bits per heavy atom. The third-order valence-electron chi connectivity index (χ3n) is 3.09. The van der Waals surface area contributed by atoms with Crippen LogP contribution in [0.4, 0.5) is 0 Å². The van der Waals surface area contributed by atoms with E-state index in [1.807, 2.05) is 42.6 Å². The van der Waals surface area contributed by atoms with Gasteiger partial charge < -0.3 is 5.73 Å². The molecule has 3 aromatic rings. The van der Waals surface area contributed by atoms with E-state index in [1.54, 1.807) is 22.7 Å². The predicted molar refractivity (Wildman–Crippen MR) is 85.2 cm³/mol. The van der Waals surface area contributed by atoms with Crippen LogP contribution in [0.2, 0.25) is 0 Å². The van der Waals surface area contributed by atoms with Crippen LogP contribution in [0.5, 0.6) is 0 Å². The highest BCUT2D eigenvalue weighted by Crippen LogP contribution is 2.31. The number of rotatable bonds is 3. The minimum Gasteiger partial charge on any atom is -0.318 e. The normalized spacial score (nSPS) is 12.6. The van der Waals surface area contributed by atoms with Crippen molar-refractivity contribution in [2.75, 3.05) is 0 Å². The molecule has 0 aliphatic carbocycles. The Bertz CT molecular complexity index is 716. The van der Waals surface area contributed by atoms with Gasteiger partial charge >= 0.3 is 0 Å². The zero-order chi connectivity index (χ0) is 14.1. The SMILES string of the molecule is Cc1nc(-c2csc(C(N)c3ccccc3)n2)c(C)s1. The van der Waals surface area contributed by atoms with E-state index >= 15 is 0 Å². The lowest BCUT2D eigenvalue weighted by Gasteiger charge is -2.07. The summed E-state index contributed by atoms with van der Waals surface area (Å²) in [7, 11) is 0. The van der Waals surface area contributed by atoms with Gasteiger partial charge in [-0.3, -0.25) is 0 Å². The molecule has 0 amide bonds. The van der Waals surface area contributed by atoms with Crippen molar-refractivity contribution in [1.29, 1.82) is 0 Å². The maximum Gasteiger partial charge on any atom is 0.115 e. The van der Waals surface area contributed by atoms with Gasteiger partial charge in [0.15, 0.2) is 0 Å². The molecule has 0 radical (unpaired) electrons. The fraction of sp³-hybridized carbons (Fsp3) is 0.200. The van der Waals surface area contributed by atoms with Crippen molar-refractivity contribution in [3.63, 3.8) is 0 Å². The highest BCUT2D eigenvalue weighted by atomic mass is 32.1. The molecule has 0 saturated heterocycles. The standard InChI is InChI=1S/C15H15N3S2/c1-9-14(17-10(2)20-9)12-8-19-15(18-12)13(16)11-6-4-3-5-7-11/h3-8,13H,16H2,1-2H3. The Balaban J connectivity index is 1.93. The van der Waals surface area contributed by atoms with Gasteiger partial charge in [0, 0.05) is 10.3 Å².